The normalized spacial score (nSPS) is 12.0. The number of aldehydes is 1. The Bertz CT molecular complexity index is 593. The number of nitrogens with one attached hydrogen (secondary N) is 1. The number of hydrogen-bond donors (Lipinski definition) is 1. The van der Waals surface area contributed by atoms with Crippen LogP contribution in [0.4, 0.5) is 11.4 Å². The second kappa shape index (κ2) is 4.35. The summed E-state index contributed by atoms with van der Waals surface area (Å²) in [6, 6.07) is 11.8. The zero-order valence-electron chi connectivity index (χ0n) is 9.64. The van der Waals surface area contributed by atoms with Crippen LogP contribution in [0.5, 0.6) is 0 Å². The second-order valence-electron chi connectivity index (χ2n) is 4.06. The first-order chi connectivity index (χ1) is 8.80. The summed E-state index contributed by atoms with van der Waals surface area (Å²) in [5.41, 5.74) is 3.94. The molecule has 0 aliphatic carbocycles. The van der Waals surface area contributed by atoms with Gasteiger partial charge in [0.05, 0.1) is 11.4 Å². The largest absolute Gasteiger partial charge is 0.354 e. The molecular weight excluding hydrogens is 242 g/mol. The molecule has 18 heavy (non-hydrogen) atoms. The van der Waals surface area contributed by atoms with Crippen LogP contribution in [0, 0.1) is 0 Å². The molecule has 88 valence electrons. The van der Waals surface area contributed by atoms with Gasteiger partial charge in [-0.3, -0.25) is 4.79 Å². The Morgan fingerprint density at radius 3 is 2.22 bits per heavy atom. The maximum absolute atomic E-state index is 10.8. The van der Waals surface area contributed by atoms with Gasteiger partial charge in [0.15, 0.2) is 0 Å². The average molecular weight is 253 g/mol. The molecule has 0 aromatic heterocycles. The van der Waals surface area contributed by atoms with E-state index in [0.29, 0.717) is 5.56 Å². The van der Waals surface area contributed by atoms with Crippen molar-refractivity contribution in [2.75, 3.05) is 5.32 Å². The SMILES string of the molecule is C=Cc1ccc2c(c1)Sc1cc(C=O)ccc1N2. The monoisotopic (exact) mass is 253 g/mol. The van der Waals surface area contributed by atoms with Gasteiger partial charge in [-0.15, -0.1) is 0 Å². The van der Waals surface area contributed by atoms with Gasteiger partial charge < -0.3 is 5.32 Å². The summed E-state index contributed by atoms with van der Waals surface area (Å²) >= 11 is 1.67. The molecule has 2 aromatic rings. The average Bonchev–Trinajstić information content (AvgIpc) is 2.43. The van der Waals surface area contributed by atoms with E-state index in [4.69, 9.17) is 0 Å². The van der Waals surface area contributed by atoms with Crippen LogP contribution in [0.1, 0.15) is 15.9 Å². The quantitative estimate of drug-likeness (QED) is 0.688. The molecule has 0 spiro atoms. The fourth-order valence-corrected chi connectivity index (χ4v) is 3.00. The zero-order valence-corrected chi connectivity index (χ0v) is 10.5. The van der Waals surface area contributed by atoms with Crippen molar-refractivity contribution in [2.45, 2.75) is 9.79 Å². The molecule has 0 bridgehead atoms. The minimum atomic E-state index is 0.700. The van der Waals surface area contributed by atoms with Crippen molar-refractivity contribution < 1.29 is 4.79 Å². The second-order valence-corrected chi connectivity index (χ2v) is 5.14. The minimum Gasteiger partial charge on any atom is -0.354 e. The van der Waals surface area contributed by atoms with E-state index in [2.05, 4.69) is 24.0 Å². The van der Waals surface area contributed by atoms with E-state index in [1.54, 1.807) is 11.8 Å². The first kappa shape index (κ1) is 11.1. The maximum Gasteiger partial charge on any atom is 0.150 e. The number of anilines is 2. The van der Waals surface area contributed by atoms with Gasteiger partial charge in [0.1, 0.15) is 6.29 Å². The smallest absolute Gasteiger partial charge is 0.150 e. The van der Waals surface area contributed by atoms with E-state index < -0.39 is 0 Å². The number of carbonyl (C=O) groups excluding carboxylic acids is 1. The maximum atomic E-state index is 10.8. The lowest BCUT2D eigenvalue weighted by Gasteiger charge is -2.21. The first-order valence-corrected chi connectivity index (χ1v) is 6.42. The molecule has 0 saturated carbocycles. The summed E-state index contributed by atoms with van der Waals surface area (Å²) in [6.45, 7) is 3.78. The molecule has 1 aliphatic heterocycles. The van der Waals surface area contributed by atoms with Gasteiger partial charge >= 0.3 is 0 Å². The van der Waals surface area contributed by atoms with Crippen molar-refractivity contribution in [3.05, 3.63) is 54.1 Å². The summed E-state index contributed by atoms with van der Waals surface area (Å²) in [6.07, 6.45) is 2.70. The van der Waals surface area contributed by atoms with Crippen LogP contribution in [0.3, 0.4) is 0 Å². The molecule has 2 aromatic carbocycles. The predicted molar refractivity (Wildman–Crippen MR) is 75.8 cm³/mol. The number of benzene rings is 2. The minimum absolute atomic E-state index is 0.700. The highest BCUT2D eigenvalue weighted by molar-refractivity contribution is 7.99. The third-order valence-corrected chi connectivity index (χ3v) is 3.99. The van der Waals surface area contributed by atoms with Gasteiger partial charge in [-0.2, -0.15) is 0 Å². The van der Waals surface area contributed by atoms with Crippen molar-refractivity contribution in [3.8, 4) is 0 Å². The van der Waals surface area contributed by atoms with Crippen LogP contribution >= 0.6 is 11.8 Å². The highest BCUT2D eigenvalue weighted by atomic mass is 32.2. The number of rotatable bonds is 2. The highest BCUT2D eigenvalue weighted by Gasteiger charge is 2.15. The zero-order chi connectivity index (χ0) is 12.5. The molecule has 0 unspecified atom stereocenters. The Balaban J connectivity index is 2.06. The molecule has 0 radical (unpaired) electrons. The molecule has 0 fully saturated rings. The molecule has 3 rings (SSSR count). The first-order valence-electron chi connectivity index (χ1n) is 5.61. The number of fused-ring (bicyclic) bond motifs is 2. The summed E-state index contributed by atoms with van der Waals surface area (Å²) in [5, 5.41) is 3.37. The Morgan fingerprint density at radius 1 is 1.00 bits per heavy atom. The lowest BCUT2D eigenvalue weighted by Crippen LogP contribution is -2.00. The molecule has 0 saturated heterocycles. The van der Waals surface area contributed by atoms with Crippen molar-refractivity contribution >= 4 is 35.5 Å². The van der Waals surface area contributed by atoms with Crippen molar-refractivity contribution in [1.82, 2.24) is 0 Å². The topological polar surface area (TPSA) is 29.1 Å². The molecule has 2 nitrogen and oxygen atoms in total. The summed E-state index contributed by atoms with van der Waals surface area (Å²) in [7, 11) is 0. The molecule has 1 aliphatic rings. The van der Waals surface area contributed by atoms with Crippen LogP contribution in [-0.4, -0.2) is 6.29 Å². The fourth-order valence-electron chi connectivity index (χ4n) is 1.92. The predicted octanol–water partition coefficient (Wildman–Crippen LogP) is 4.35. The fraction of sp³-hybridized carbons (Fsp3) is 0. The van der Waals surface area contributed by atoms with Crippen LogP contribution in [0.2, 0.25) is 0 Å². The molecule has 0 atom stereocenters. The van der Waals surface area contributed by atoms with Gasteiger partial charge in [-0.1, -0.05) is 30.5 Å². The van der Waals surface area contributed by atoms with E-state index in [0.717, 1.165) is 33.0 Å². The van der Waals surface area contributed by atoms with E-state index in [1.807, 2.05) is 30.3 Å². The van der Waals surface area contributed by atoms with E-state index in [-0.39, 0.29) is 0 Å². The lowest BCUT2D eigenvalue weighted by atomic mass is 10.1. The van der Waals surface area contributed by atoms with Gasteiger partial charge in [-0.25, -0.2) is 0 Å². The van der Waals surface area contributed by atoms with Crippen LogP contribution < -0.4 is 5.32 Å². The van der Waals surface area contributed by atoms with Crippen molar-refractivity contribution in [3.63, 3.8) is 0 Å². The Labute approximate surface area is 110 Å². The molecule has 1 N–H and O–H groups in total. The third-order valence-electron chi connectivity index (χ3n) is 2.87. The Morgan fingerprint density at radius 2 is 1.61 bits per heavy atom. The number of hydrogen-bond acceptors (Lipinski definition) is 3. The summed E-state index contributed by atoms with van der Waals surface area (Å²) in [4.78, 5) is 13.0. The van der Waals surface area contributed by atoms with Crippen molar-refractivity contribution in [1.29, 1.82) is 0 Å². The third kappa shape index (κ3) is 1.83. The lowest BCUT2D eigenvalue weighted by molar-refractivity contribution is 0.112. The molecule has 3 heteroatoms. The van der Waals surface area contributed by atoms with Gasteiger partial charge in [0.25, 0.3) is 0 Å². The van der Waals surface area contributed by atoms with Gasteiger partial charge in [-0.05, 0) is 35.9 Å². The van der Waals surface area contributed by atoms with E-state index in [1.165, 1.54) is 0 Å². The molecular formula is C15H11NOS. The molecule has 0 amide bonds. The van der Waals surface area contributed by atoms with Crippen LogP contribution in [0.25, 0.3) is 6.08 Å². The standard InChI is InChI=1S/C15H11NOS/c1-2-10-3-5-12-14(7-10)18-15-8-11(9-17)4-6-13(15)16-12/h2-9,16H,1H2. The number of carbonyl (C=O) groups is 1. The Hall–Kier alpha value is -2.00. The van der Waals surface area contributed by atoms with Crippen LogP contribution in [-0.2, 0) is 0 Å². The summed E-state index contributed by atoms with van der Waals surface area (Å²) in [5.74, 6) is 0. The van der Waals surface area contributed by atoms with E-state index in [9.17, 15) is 4.79 Å². The van der Waals surface area contributed by atoms with Crippen molar-refractivity contribution in [2.24, 2.45) is 0 Å². The Kier molecular flexibility index (Phi) is 2.68. The molecule has 1 heterocycles. The highest BCUT2D eigenvalue weighted by Crippen LogP contribution is 2.44. The van der Waals surface area contributed by atoms with Gasteiger partial charge in [0, 0.05) is 15.4 Å². The van der Waals surface area contributed by atoms with Gasteiger partial charge in [0.2, 0.25) is 0 Å². The summed E-state index contributed by atoms with van der Waals surface area (Å²) < 4.78 is 0. The van der Waals surface area contributed by atoms with E-state index >= 15 is 0 Å². The van der Waals surface area contributed by atoms with Crippen LogP contribution in [0.15, 0.2) is 52.8 Å².